The molecule has 0 bridgehead atoms. The highest BCUT2D eigenvalue weighted by Crippen LogP contribution is 2.29. The van der Waals surface area contributed by atoms with Crippen LogP contribution in [0.3, 0.4) is 0 Å². The van der Waals surface area contributed by atoms with Gasteiger partial charge in [-0.2, -0.15) is 0 Å². The van der Waals surface area contributed by atoms with Gasteiger partial charge < -0.3 is 15.6 Å². The Morgan fingerprint density at radius 1 is 1.22 bits per heavy atom. The van der Waals surface area contributed by atoms with Gasteiger partial charge in [0.15, 0.2) is 0 Å². The lowest BCUT2D eigenvalue weighted by molar-refractivity contribution is -0.0339. The lowest BCUT2D eigenvalue weighted by Gasteiger charge is -2.31. The molecular formula is C15H23NO2. The molecule has 0 aliphatic heterocycles. The van der Waals surface area contributed by atoms with E-state index in [1.54, 1.807) is 0 Å². The van der Waals surface area contributed by atoms with Gasteiger partial charge in [0, 0.05) is 6.04 Å². The second-order valence-corrected chi connectivity index (χ2v) is 5.43. The minimum Gasteiger partial charge on any atom is -0.491 e. The van der Waals surface area contributed by atoms with E-state index < -0.39 is 5.60 Å². The van der Waals surface area contributed by atoms with Crippen molar-refractivity contribution in [1.29, 1.82) is 0 Å². The maximum Gasteiger partial charge on any atom is 0.119 e. The average Bonchev–Trinajstić information content (AvgIpc) is 2.38. The molecule has 1 aliphatic carbocycles. The zero-order valence-corrected chi connectivity index (χ0v) is 11.1. The first kappa shape index (κ1) is 13.4. The Morgan fingerprint density at radius 3 is 2.39 bits per heavy atom. The number of ether oxygens (including phenoxy) is 1. The lowest BCUT2D eigenvalue weighted by atomic mass is 9.85. The van der Waals surface area contributed by atoms with Crippen molar-refractivity contribution in [2.75, 3.05) is 6.61 Å². The van der Waals surface area contributed by atoms with Gasteiger partial charge in [0.05, 0.1) is 5.60 Å². The molecule has 2 rings (SSSR count). The maximum absolute atomic E-state index is 10.3. The van der Waals surface area contributed by atoms with Gasteiger partial charge in [0.25, 0.3) is 0 Å². The van der Waals surface area contributed by atoms with Crippen molar-refractivity contribution < 1.29 is 9.84 Å². The fourth-order valence-corrected chi connectivity index (χ4v) is 2.44. The minimum absolute atomic E-state index is 0.0431. The normalized spacial score (nSPS) is 20.4. The van der Waals surface area contributed by atoms with E-state index in [2.05, 4.69) is 0 Å². The van der Waals surface area contributed by atoms with Gasteiger partial charge in [-0.1, -0.05) is 31.4 Å². The third kappa shape index (κ3) is 3.47. The standard InChI is InChI=1S/C15H23NO2/c1-12(16)13-5-7-14(8-6-13)18-11-15(17)9-3-2-4-10-15/h5-8,12,17H,2-4,9-11,16H2,1H3/t12-/m1/s1. The van der Waals surface area contributed by atoms with E-state index >= 15 is 0 Å². The van der Waals surface area contributed by atoms with Crippen LogP contribution in [0.1, 0.15) is 50.6 Å². The molecule has 0 aromatic heterocycles. The van der Waals surface area contributed by atoms with Crippen molar-refractivity contribution in [1.82, 2.24) is 0 Å². The topological polar surface area (TPSA) is 55.5 Å². The van der Waals surface area contributed by atoms with Crippen molar-refractivity contribution in [3.05, 3.63) is 29.8 Å². The van der Waals surface area contributed by atoms with Crippen molar-refractivity contribution in [2.24, 2.45) is 5.73 Å². The van der Waals surface area contributed by atoms with Crippen LogP contribution in [-0.4, -0.2) is 17.3 Å². The van der Waals surface area contributed by atoms with E-state index in [9.17, 15) is 5.11 Å². The number of aliphatic hydroxyl groups is 1. The number of rotatable bonds is 4. The van der Waals surface area contributed by atoms with Crippen LogP contribution in [0.5, 0.6) is 5.75 Å². The van der Waals surface area contributed by atoms with Gasteiger partial charge in [0.2, 0.25) is 0 Å². The number of hydrogen-bond donors (Lipinski definition) is 2. The van der Waals surface area contributed by atoms with Crippen LogP contribution >= 0.6 is 0 Å². The Bertz CT molecular complexity index is 367. The first-order valence-electron chi connectivity index (χ1n) is 6.80. The van der Waals surface area contributed by atoms with Crippen LogP contribution in [0.4, 0.5) is 0 Å². The molecule has 0 unspecified atom stereocenters. The summed E-state index contributed by atoms with van der Waals surface area (Å²) in [7, 11) is 0. The van der Waals surface area contributed by atoms with Crippen molar-refractivity contribution in [3.63, 3.8) is 0 Å². The van der Waals surface area contributed by atoms with Crippen molar-refractivity contribution in [2.45, 2.75) is 50.7 Å². The summed E-state index contributed by atoms with van der Waals surface area (Å²) in [5.41, 5.74) is 6.26. The predicted molar refractivity (Wildman–Crippen MR) is 72.6 cm³/mol. The number of benzene rings is 1. The first-order chi connectivity index (χ1) is 8.59. The molecule has 1 fully saturated rings. The molecule has 0 spiro atoms. The summed E-state index contributed by atoms with van der Waals surface area (Å²) in [5.74, 6) is 0.804. The van der Waals surface area contributed by atoms with Gasteiger partial charge in [-0.25, -0.2) is 0 Å². The molecule has 3 heteroatoms. The summed E-state index contributed by atoms with van der Waals surface area (Å²) < 4.78 is 5.69. The highest BCUT2D eigenvalue weighted by atomic mass is 16.5. The molecular weight excluding hydrogens is 226 g/mol. The molecule has 1 aromatic rings. The second-order valence-electron chi connectivity index (χ2n) is 5.43. The van der Waals surface area contributed by atoms with Crippen LogP contribution in [0.15, 0.2) is 24.3 Å². The molecule has 1 aliphatic rings. The van der Waals surface area contributed by atoms with Gasteiger partial charge in [-0.05, 0) is 37.5 Å². The number of nitrogens with two attached hydrogens (primary N) is 1. The van der Waals surface area contributed by atoms with E-state index in [0.29, 0.717) is 6.61 Å². The van der Waals surface area contributed by atoms with Gasteiger partial charge in [-0.3, -0.25) is 0 Å². The molecule has 1 atom stereocenters. The molecule has 3 N–H and O–H groups in total. The molecule has 1 saturated carbocycles. The zero-order chi connectivity index (χ0) is 13.0. The van der Waals surface area contributed by atoms with Crippen LogP contribution in [0.25, 0.3) is 0 Å². The Morgan fingerprint density at radius 2 is 1.83 bits per heavy atom. The SMILES string of the molecule is C[C@@H](N)c1ccc(OCC2(O)CCCCC2)cc1. The Kier molecular flexibility index (Phi) is 4.25. The van der Waals surface area contributed by atoms with Crippen LogP contribution < -0.4 is 10.5 Å². The Hall–Kier alpha value is -1.06. The number of hydrogen-bond acceptors (Lipinski definition) is 3. The molecule has 1 aromatic carbocycles. The smallest absolute Gasteiger partial charge is 0.119 e. The monoisotopic (exact) mass is 249 g/mol. The maximum atomic E-state index is 10.3. The lowest BCUT2D eigenvalue weighted by Crippen LogP contribution is -2.37. The molecule has 0 heterocycles. The molecule has 3 nitrogen and oxygen atoms in total. The Labute approximate surface area is 109 Å². The first-order valence-corrected chi connectivity index (χ1v) is 6.80. The Balaban J connectivity index is 1.89. The third-order valence-electron chi connectivity index (χ3n) is 3.70. The summed E-state index contributed by atoms with van der Waals surface area (Å²) in [5, 5.41) is 10.3. The summed E-state index contributed by atoms with van der Waals surface area (Å²) in [4.78, 5) is 0. The van der Waals surface area contributed by atoms with Crippen LogP contribution in [-0.2, 0) is 0 Å². The third-order valence-corrected chi connectivity index (χ3v) is 3.70. The molecule has 100 valence electrons. The fourth-order valence-electron chi connectivity index (χ4n) is 2.44. The van der Waals surface area contributed by atoms with Gasteiger partial charge >= 0.3 is 0 Å². The average molecular weight is 249 g/mol. The molecule has 0 radical (unpaired) electrons. The molecule has 0 amide bonds. The zero-order valence-electron chi connectivity index (χ0n) is 11.1. The van der Waals surface area contributed by atoms with E-state index in [1.165, 1.54) is 6.42 Å². The highest BCUT2D eigenvalue weighted by Gasteiger charge is 2.29. The van der Waals surface area contributed by atoms with E-state index in [0.717, 1.165) is 37.0 Å². The predicted octanol–water partition coefficient (Wildman–Crippen LogP) is 2.78. The van der Waals surface area contributed by atoms with Crippen LogP contribution in [0.2, 0.25) is 0 Å². The summed E-state index contributed by atoms with van der Waals surface area (Å²) >= 11 is 0. The van der Waals surface area contributed by atoms with E-state index in [4.69, 9.17) is 10.5 Å². The minimum atomic E-state index is -0.627. The van der Waals surface area contributed by atoms with Gasteiger partial charge in [-0.15, -0.1) is 0 Å². The summed E-state index contributed by atoms with van der Waals surface area (Å²) in [6.07, 6.45) is 5.13. The summed E-state index contributed by atoms with van der Waals surface area (Å²) in [6.45, 7) is 2.35. The van der Waals surface area contributed by atoms with Crippen molar-refractivity contribution in [3.8, 4) is 5.75 Å². The van der Waals surface area contributed by atoms with Crippen LogP contribution in [0, 0.1) is 0 Å². The van der Waals surface area contributed by atoms with Crippen molar-refractivity contribution >= 4 is 0 Å². The molecule has 18 heavy (non-hydrogen) atoms. The van der Waals surface area contributed by atoms with Gasteiger partial charge in [0.1, 0.15) is 12.4 Å². The molecule has 0 saturated heterocycles. The van der Waals surface area contributed by atoms with E-state index in [-0.39, 0.29) is 6.04 Å². The quantitative estimate of drug-likeness (QED) is 0.862. The van der Waals surface area contributed by atoms with E-state index in [1.807, 2.05) is 31.2 Å². The fraction of sp³-hybridized carbons (Fsp3) is 0.600. The second kappa shape index (κ2) is 5.72. The highest BCUT2D eigenvalue weighted by molar-refractivity contribution is 5.28. The largest absolute Gasteiger partial charge is 0.491 e. The summed E-state index contributed by atoms with van der Waals surface area (Å²) in [6, 6.07) is 7.84.